The van der Waals surface area contributed by atoms with Crippen molar-refractivity contribution in [2.45, 2.75) is 0 Å². The van der Waals surface area contributed by atoms with Gasteiger partial charge >= 0.3 is 16.2 Å². The second-order valence-electron chi connectivity index (χ2n) is 4.12. The lowest BCUT2D eigenvalue weighted by Gasteiger charge is -2.15. The summed E-state index contributed by atoms with van der Waals surface area (Å²) in [4.78, 5) is 18.9. The van der Waals surface area contributed by atoms with Crippen LogP contribution in [0.15, 0.2) is 0 Å². The Morgan fingerprint density at radius 3 is 1.96 bits per heavy atom. The number of aromatic hydroxyl groups is 1. The predicted octanol–water partition coefficient (Wildman–Crippen LogP) is -1.54. The first-order chi connectivity index (χ1) is 10.9. The summed E-state index contributed by atoms with van der Waals surface area (Å²) in [6.07, 6.45) is 0.642. The molecule has 13 nitrogen and oxygen atoms in total. The number of ether oxygens (including phenoxy) is 2. The Morgan fingerprint density at radius 1 is 1.12 bits per heavy atom. The first-order valence-corrected chi connectivity index (χ1v) is 9.18. The van der Waals surface area contributed by atoms with E-state index in [1.54, 1.807) is 0 Å². The molecule has 0 aliphatic carbocycles. The van der Waals surface area contributed by atoms with Crippen LogP contribution in [0.5, 0.6) is 17.5 Å². The third kappa shape index (κ3) is 4.56. The number of nitrogens with zero attached hydrogens (tertiary/aromatic N) is 3. The average molecular weight is 385 g/mol. The highest BCUT2D eigenvalue weighted by Crippen LogP contribution is 2.33. The number of anilines is 1. The van der Waals surface area contributed by atoms with Gasteiger partial charge in [0.2, 0.25) is 21.7 Å². The van der Waals surface area contributed by atoms with Crippen LogP contribution < -0.4 is 19.5 Å². The summed E-state index contributed by atoms with van der Waals surface area (Å²) < 4.78 is 56.8. The van der Waals surface area contributed by atoms with Gasteiger partial charge in [-0.2, -0.15) is 18.4 Å². The summed E-state index contributed by atoms with van der Waals surface area (Å²) in [6.45, 7) is 0. The number of amides is 2. The molecule has 0 atom stereocenters. The van der Waals surface area contributed by atoms with Crippen molar-refractivity contribution in [1.29, 1.82) is 0 Å². The molecule has 0 aliphatic rings. The smallest absolute Gasteiger partial charge is 0.336 e. The maximum Gasteiger partial charge on any atom is 0.336 e. The minimum absolute atomic E-state index is 0.0293. The summed E-state index contributed by atoms with van der Waals surface area (Å²) in [5.74, 6) is -1.67. The SMILES string of the molecule is COc1nc(NC(=O)NS(=O)(=O)N(C)S(C)(=O)=O)nc(OC)c1O. The number of nitrogens with one attached hydrogen (secondary N) is 2. The van der Waals surface area contributed by atoms with Crippen molar-refractivity contribution in [2.75, 3.05) is 32.8 Å². The first kappa shape index (κ1) is 19.7. The maximum atomic E-state index is 11.7. The standard InChI is InChI=1S/C9H15N5O8S2/c1-14(23(4,17)18)24(19,20)13-9(16)12-8-10-6(21-2)5(15)7(11-8)22-3/h15H,1-4H3,(H2,10,11,12,13,16). The Morgan fingerprint density at radius 2 is 1.58 bits per heavy atom. The third-order valence-electron chi connectivity index (χ3n) is 2.46. The van der Waals surface area contributed by atoms with Crippen LogP contribution in [0, 0.1) is 0 Å². The molecule has 1 aromatic rings. The highest BCUT2D eigenvalue weighted by molar-refractivity contribution is 8.03. The number of sulfonamides is 1. The molecule has 1 rings (SSSR count). The highest BCUT2D eigenvalue weighted by Gasteiger charge is 2.28. The average Bonchev–Trinajstić information content (AvgIpc) is 2.46. The fourth-order valence-electron chi connectivity index (χ4n) is 1.24. The molecule has 0 saturated heterocycles. The first-order valence-electron chi connectivity index (χ1n) is 5.89. The van der Waals surface area contributed by atoms with Gasteiger partial charge in [-0.05, 0) is 0 Å². The minimum atomic E-state index is -4.66. The van der Waals surface area contributed by atoms with Gasteiger partial charge in [0.15, 0.2) is 0 Å². The Kier molecular flexibility index (Phi) is 5.75. The summed E-state index contributed by atoms with van der Waals surface area (Å²) in [6, 6.07) is -1.35. The second-order valence-corrected chi connectivity index (χ2v) is 8.07. The molecule has 0 saturated carbocycles. The van der Waals surface area contributed by atoms with Crippen molar-refractivity contribution in [3.63, 3.8) is 0 Å². The third-order valence-corrected chi connectivity index (χ3v) is 5.91. The zero-order valence-corrected chi connectivity index (χ0v) is 14.6. The molecular formula is C9H15N5O8S2. The lowest BCUT2D eigenvalue weighted by molar-refractivity contribution is 0.256. The zero-order valence-electron chi connectivity index (χ0n) is 13.0. The van der Waals surface area contributed by atoms with E-state index in [1.165, 1.54) is 18.9 Å². The molecule has 0 unspecified atom stereocenters. The molecule has 3 N–H and O–H groups in total. The van der Waals surface area contributed by atoms with E-state index in [0.29, 0.717) is 6.26 Å². The van der Waals surface area contributed by atoms with E-state index in [9.17, 15) is 26.7 Å². The molecule has 136 valence electrons. The topological polar surface area (TPSA) is 177 Å². The number of aromatic nitrogens is 2. The minimum Gasteiger partial charge on any atom is -0.499 e. The molecule has 0 fully saturated rings. The molecule has 15 heteroatoms. The van der Waals surface area contributed by atoms with Gasteiger partial charge < -0.3 is 14.6 Å². The van der Waals surface area contributed by atoms with Gasteiger partial charge in [0.05, 0.1) is 20.5 Å². The monoisotopic (exact) mass is 385 g/mol. The quantitative estimate of drug-likeness (QED) is 0.519. The Bertz CT molecular complexity index is 812. The summed E-state index contributed by atoms with van der Waals surface area (Å²) in [7, 11) is -5.67. The Hall–Kier alpha value is -2.39. The van der Waals surface area contributed by atoms with Crippen LogP contribution in [0.2, 0.25) is 0 Å². The fraction of sp³-hybridized carbons (Fsp3) is 0.444. The fourth-order valence-corrected chi connectivity index (χ4v) is 3.19. The van der Waals surface area contributed by atoms with Crippen LogP contribution in [0.25, 0.3) is 0 Å². The molecule has 0 radical (unpaired) electrons. The normalized spacial score (nSPS) is 11.9. The summed E-state index contributed by atoms with van der Waals surface area (Å²) in [5.41, 5.74) is 0. The van der Waals surface area contributed by atoms with E-state index >= 15 is 0 Å². The lowest BCUT2D eigenvalue weighted by Crippen LogP contribution is -2.45. The number of carbonyl (C=O) groups excluding carboxylic acids is 1. The molecule has 1 heterocycles. The van der Waals surface area contributed by atoms with Crippen LogP contribution in [0.4, 0.5) is 10.7 Å². The van der Waals surface area contributed by atoms with Crippen LogP contribution in [0.3, 0.4) is 0 Å². The van der Waals surface area contributed by atoms with Gasteiger partial charge in [-0.15, -0.1) is 0 Å². The van der Waals surface area contributed by atoms with Gasteiger partial charge in [-0.3, -0.25) is 5.32 Å². The van der Waals surface area contributed by atoms with Crippen molar-refractivity contribution in [3.05, 3.63) is 0 Å². The van der Waals surface area contributed by atoms with Crippen molar-refractivity contribution in [1.82, 2.24) is 18.4 Å². The summed E-state index contributed by atoms with van der Waals surface area (Å²) in [5, 5.41) is 11.6. The number of hydrogen-bond acceptors (Lipinski definition) is 10. The molecule has 2 amide bonds. The van der Waals surface area contributed by atoms with E-state index in [2.05, 4.69) is 9.97 Å². The van der Waals surface area contributed by atoms with E-state index in [-0.39, 0.29) is 15.5 Å². The largest absolute Gasteiger partial charge is 0.499 e. The predicted molar refractivity (Wildman–Crippen MR) is 80.5 cm³/mol. The molecule has 0 aliphatic heterocycles. The number of rotatable bonds is 6. The summed E-state index contributed by atoms with van der Waals surface area (Å²) >= 11 is 0. The van der Waals surface area contributed by atoms with Crippen molar-refractivity contribution in [2.24, 2.45) is 0 Å². The highest BCUT2D eigenvalue weighted by atomic mass is 32.3. The van der Waals surface area contributed by atoms with E-state index in [4.69, 9.17) is 9.47 Å². The number of hydrogen-bond donors (Lipinski definition) is 3. The number of methoxy groups -OCH3 is 2. The van der Waals surface area contributed by atoms with Gasteiger partial charge in [0, 0.05) is 7.05 Å². The van der Waals surface area contributed by atoms with E-state index in [0.717, 1.165) is 7.05 Å². The lowest BCUT2D eigenvalue weighted by atomic mass is 10.5. The number of carbonyl (C=O) groups is 1. The molecular weight excluding hydrogens is 370 g/mol. The van der Waals surface area contributed by atoms with Crippen LogP contribution in [-0.4, -0.2) is 69.2 Å². The van der Waals surface area contributed by atoms with Crippen molar-refractivity contribution >= 4 is 32.2 Å². The number of urea groups is 1. The van der Waals surface area contributed by atoms with Crippen LogP contribution in [-0.2, 0) is 20.2 Å². The zero-order chi connectivity index (χ0) is 18.7. The van der Waals surface area contributed by atoms with E-state index in [1.807, 2.05) is 5.32 Å². The Balaban J connectivity index is 3.01. The van der Waals surface area contributed by atoms with Crippen molar-refractivity contribution in [3.8, 4) is 17.5 Å². The van der Waals surface area contributed by atoms with Gasteiger partial charge in [0.1, 0.15) is 0 Å². The molecule has 1 aromatic heterocycles. The Labute approximate surface area is 137 Å². The van der Waals surface area contributed by atoms with Gasteiger partial charge in [0.25, 0.3) is 11.8 Å². The maximum absolute atomic E-state index is 11.7. The van der Waals surface area contributed by atoms with Crippen molar-refractivity contribution < 1.29 is 36.2 Å². The molecule has 0 aromatic carbocycles. The molecule has 0 spiro atoms. The van der Waals surface area contributed by atoms with Crippen LogP contribution >= 0.6 is 0 Å². The van der Waals surface area contributed by atoms with Gasteiger partial charge in [-0.25, -0.2) is 17.9 Å². The van der Waals surface area contributed by atoms with Crippen LogP contribution in [0.1, 0.15) is 0 Å². The van der Waals surface area contributed by atoms with Gasteiger partial charge in [-0.1, -0.05) is 3.71 Å². The molecule has 24 heavy (non-hydrogen) atoms. The molecule has 0 bridgehead atoms. The second kappa shape index (κ2) is 7.02. The van der Waals surface area contributed by atoms with E-state index < -0.39 is 38.0 Å².